The molecule has 0 spiro atoms. The van der Waals surface area contributed by atoms with Crippen LogP contribution < -0.4 is 4.74 Å². The van der Waals surface area contributed by atoms with Gasteiger partial charge in [-0.3, -0.25) is 14.5 Å². The lowest BCUT2D eigenvalue weighted by molar-refractivity contribution is -0.113. The second-order valence-corrected chi connectivity index (χ2v) is 9.13. The molecule has 1 saturated heterocycles. The molecule has 2 aliphatic heterocycles. The van der Waals surface area contributed by atoms with E-state index in [0.29, 0.717) is 31.1 Å². The molecule has 0 aromatic carbocycles. The molecule has 3 aliphatic rings. The van der Waals surface area contributed by atoms with Gasteiger partial charge in [-0.25, -0.2) is 0 Å². The molecule has 2 aromatic heterocycles. The SMILES string of the molecule is Cc1nn(CC2CC2)c(C)c1-c1cc(F)nc(O[C@@H]2CCN(C3=C(Cl)C(=O)CN=C3)C2)c1. The van der Waals surface area contributed by atoms with Gasteiger partial charge in [0.15, 0.2) is 5.78 Å². The standard InChI is InChI=1S/C23H25ClFN5O2/c1-13-22(14(2)30(28-13)11-15-3-4-15)16-7-20(25)27-21(8-16)32-17-5-6-29(12-17)18-9-26-10-19(31)23(18)24/h7-9,15,17H,3-6,10-12H2,1-2H3/t17-/m1/s1. The summed E-state index contributed by atoms with van der Waals surface area (Å²) < 4.78 is 22.5. The normalized spacial score (nSPS) is 21.1. The highest BCUT2D eigenvalue weighted by Crippen LogP contribution is 2.34. The van der Waals surface area contributed by atoms with Crippen molar-refractivity contribution >= 4 is 23.6 Å². The monoisotopic (exact) mass is 457 g/mol. The number of hydrogen-bond acceptors (Lipinski definition) is 6. The average molecular weight is 458 g/mol. The molecular formula is C23H25ClFN5O2. The number of allylic oxidation sites excluding steroid dienone is 1. The van der Waals surface area contributed by atoms with Gasteiger partial charge in [0.25, 0.3) is 0 Å². The van der Waals surface area contributed by atoms with Crippen LogP contribution in [0.15, 0.2) is 27.9 Å². The van der Waals surface area contributed by atoms with E-state index in [4.69, 9.17) is 16.3 Å². The van der Waals surface area contributed by atoms with Gasteiger partial charge in [0.05, 0.1) is 17.9 Å². The lowest BCUT2D eigenvalue weighted by Gasteiger charge is -2.22. The fraction of sp³-hybridized carbons (Fsp3) is 0.478. The first kappa shape index (κ1) is 21.1. The Kier molecular flexibility index (Phi) is 5.49. The number of aryl methyl sites for hydroxylation is 1. The molecule has 1 saturated carbocycles. The number of pyridine rings is 1. The van der Waals surface area contributed by atoms with Crippen molar-refractivity contribution in [3.8, 4) is 17.0 Å². The second-order valence-electron chi connectivity index (χ2n) is 8.75. The molecule has 0 unspecified atom stereocenters. The Morgan fingerprint density at radius 1 is 1.25 bits per heavy atom. The van der Waals surface area contributed by atoms with Gasteiger partial charge >= 0.3 is 0 Å². The Balaban J connectivity index is 1.34. The molecule has 0 radical (unpaired) electrons. The van der Waals surface area contributed by atoms with Gasteiger partial charge in [0, 0.05) is 49.1 Å². The molecule has 4 heterocycles. The Morgan fingerprint density at radius 3 is 2.84 bits per heavy atom. The number of aliphatic imine (C=N–C) groups is 1. The van der Waals surface area contributed by atoms with E-state index in [1.807, 2.05) is 23.4 Å². The second kappa shape index (κ2) is 8.31. The van der Waals surface area contributed by atoms with Gasteiger partial charge in [-0.1, -0.05) is 11.6 Å². The molecule has 0 amide bonds. The molecule has 2 aromatic rings. The van der Waals surface area contributed by atoms with E-state index in [0.717, 1.165) is 29.1 Å². The van der Waals surface area contributed by atoms with Crippen LogP contribution in [-0.2, 0) is 11.3 Å². The molecule has 1 atom stereocenters. The number of ketones is 1. The molecule has 168 valence electrons. The van der Waals surface area contributed by atoms with Crippen molar-refractivity contribution in [1.29, 1.82) is 0 Å². The fourth-order valence-electron chi connectivity index (χ4n) is 4.43. The number of dihydropyridines is 1. The number of rotatable bonds is 6. The predicted molar refractivity (Wildman–Crippen MR) is 119 cm³/mol. The maximum atomic E-state index is 14.4. The van der Waals surface area contributed by atoms with Crippen LogP contribution in [0.25, 0.3) is 11.1 Å². The van der Waals surface area contributed by atoms with E-state index >= 15 is 0 Å². The summed E-state index contributed by atoms with van der Waals surface area (Å²) in [4.78, 5) is 21.8. The van der Waals surface area contributed by atoms with Crippen LogP contribution in [0.5, 0.6) is 5.88 Å². The van der Waals surface area contributed by atoms with Gasteiger partial charge in [-0.05, 0) is 38.2 Å². The molecule has 2 fully saturated rings. The van der Waals surface area contributed by atoms with Crippen LogP contribution in [0, 0.1) is 25.7 Å². The smallest absolute Gasteiger partial charge is 0.216 e. The number of hydrogen-bond donors (Lipinski definition) is 0. The van der Waals surface area contributed by atoms with Gasteiger partial charge in [-0.15, -0.1) is 0 Å². The number of nitrogens with zero attached hydrogens (tertiary/aromatic N) is 5. The van der Waals surface area contributed by atoms with E-state index in [9.17, 15) is 9.18 Å². The molecule has 1 aliphatic carbocycles. The summed E-state index contributed by atoms with van der Waals surface area (Å²) in [5.41, 5.74) is 4.17. The Bertz CT molecular complexity index is 1140. The highest BCUT2D eigenvalue weighted by Gasteiger charge is 2.30. The molecule has 0 bridgehead atoms. The molecule has 7 nitrogen and oxygen atoms in total. The van der Waals surface area contributed by atoms with Gasteiger partial charge in [-0.2, -0.15) is 14.5 Å². The summed E-state index contributed by atoms with van der Waals surface area (Å²) in [6.07, 6.45) is 4.64. The maximum Gasteiger partial charge on any atom is 0.216 e. The molecular weight excluding hydrogens is 433 g/mol. The summed E-state index contributed by atoms with van der Waals surface area (Å²) in [7, 11) is 0. The highest BCUT2D eigenvalue weighted by molar-refractivity contribution is 6.44. The average Bonchev–Trinajstić information content (AvgIpc) is 3.37. The summed E-state index contributed by atoms with van der Waals surface area (Å²) in [5.74, 6) is 0.177. The summed E-state index contributed by atoms with van der Waals surface area (Å²) in [6, 6.07) is 3.21. The van der Waals surface area contributed by atoms with E-state index in [2.05, 4.69) is 15.1 Å². The van der Waals surface area contributed by atoms with Crippen molar-refractivity contribution in [3.05, 3.63) is 40.2 Å². The Hall–Kier alpha value is -2.74. The van der Waals surface area contributed by atoms with Crippen molar-refractivity contribution < 1.29 is 13.9 Å². The molecule has 5 rings (SSSR count). The van der Waals surface area contributed by atoms with E-state index in [-0.39, 0.29) is 29.3 Å². The van der Waals surface area contributed by atoms with Gasteiger partial charge in [0.1, 0.15) is 17.7 Å². The number of likely N-dealkylation sites (tertiary alicyclic amines) is 1. The number of ether oxygens (including phenoxy) is 1. The minimum atomic E-state index is -0.586. The summed E-state index contributed by atoms with van der Waals surface area (Å²) in [6.45, 7) is 6.16. The molecule has 32 heavy (non-hydrogen) atoms. The first-order valence-corrected chi connectivity index (χ1v) is 11.3. The number of aromatic nitrogens is 3. The first-order chi connectivity index (χ1) is 15.4. The third-order valence-corrected chi connectivity index (χ3v) is 6.66. The van der Waals surface area contributed by atoms with Crippen LogP contribution in [0.1, 0.15) is 30.7 Å². The largest absolute Gasteiger partial charge is 0.472 e. The zero-order chi connectivity index (χ0) is 22.4. The zero-order valence-corrected chi connectivity index (χ0v) is 18.9. The van der Waals surface area contributed by atoms with E-state index in [1.54, 1.807) is 12.3 Å². The predicted octanol–water partition coefficient (Wildman–Crippen LogP) is 3.67. The van der Waals surface area contributed by atoms with E-state index in [1.165, 1.54) is 18.9 Å². The summed E-state index contributed by atoms with van der Waals surface area (Å²) in [5, 5.41) is 4.88. The molecule has 0 N–H and O–H groups in total. The quantitative estimate of drug-likeness (QED) is 0.619. The van der Waals surface area contributed by atoms with Crippen LogP contribution in [-0.4, -0.2) is 57.4 Å². The lowest BCUT2D eigenvalue weighted by atomic mass is 10.1. The third-order valence-electron chi connectivity index (χ3n) is 6.26. The van der Waals surface area contributed by atoms with Crippen LogP contribution in [0.3, 0.4) is 0 Å². The van der Waals surface area contributed by atoms with Crippen molar-refractivity contribution in [2.24, 2.45) is 10.9 Å². The van der Waals surface area contributed by atoms with Crippen molar-refractivity contribution in [3.63, 3.8) is 0 Å². The Labute approximate surface area is 190 Å². The number of halogens is 2. The van der Waals surface area contributed by atoms with Crippen molar-refractivity contribution in [2.75, 3.05) is 19.6 Å². The third kappa shape index (κ3) is 4.16. The topological polar surface area (TPSA) is 72.6 Å². The maximum absolute atomic E-state index is 14.4. The van der Waals surface area contributed by atoms with Crippen LogP contribution >= 0.6 is 11.6 Å². The van der Waals surface area contributed by atoms with Crippen molar-refractivity contribution in [1.82, 2.24) is 19.7 Å². The number of carbonyl (C=O) groups excluding carboxylic acids is 1. The van der Waals surface area contributed by atoms with Gasteiger partial charge in [0.2, 0.25) is 11.8 Å². The fourth-order valence-corrected chi connectivity index (χ4v) is 4.66. The van der Waals surface area contributed by atoms with E-state index < -0.39 is 5.95 Å². The highest BCUT2D eigenvalue weighted by atomic mass is 35.5. The van der Waals surface area contributed by atoms with Crippen LogP contribution in [0.4, 0.5) is 4.39 Å². The van der Waals surface area contributed by atoms with Gasteiger partial charge < -0.3 is 9.64 Å². The van der Waals surface area contributed by atoms with Crippen LogP contribution in [0.2, 0.25) is 0 Å². The summed E-state index contributed by atoms with van der Waals surface area (Å²) >= 11 is 6.18. The zero-order valence-electron chi connectivity index (χ0n) is 18.1. The minimum Gasteiger partial charge on any atom is -0.472 e. The lowest BCUT2D eigenvalue weighted by Crippen LogP contribution is -2.28. The first-order valence-electron chi connectivity index (χ1n) is 11.0. The minimum absolute atomic E-state index is 0.0855. The molecule has 9 heteroatoms. The Morgan fingerprint density at radius 2 is 2.06 bits per heavy atom. The number of Topliss-reactive ketones (excluding diaryl/α,β-unsaturated/α-hetero) is 1. The van der Waals surface area contributed by atoms with Crippen molar-refractivity contribution in [2.45, 2.75) is 45.8 Å². The number of carbonyl (C=O) groups is 1.